The molecule has 0 aromatic heterocycles. The van der Waals surface area contributed by atoms with Gasteiger partial charge in [-0.1, -0.05) is 12.1 Å². The minimum Gasteiger partial charge on any atom is -0.388 e. The zero-order chi connectivity index (χ0) is 13.8. The number of anilines is 2. The van der Waals surface area contributed by atoms with Gasteiger partial charge in [0.2, 0.25) is 0 Å². The summed E-state index contributed by atoms with van der Waals surface area (Å²) in [5, 5.41) is 5.95. The minimum absolute atomic E-state index is 0.105. The summed E-state index contributed by atoms with van der Waals surface area (Å²) in [4.78, 5) is 12.2. The number of para-hydroxylation sites is 1. The number of carbonyl (C=O) groups is 1. The van der Waals surface area contributed by atoms with Crippen molar-refractivity contribution >= 4 is 33.2 Å². The van der Waals surface area contributed by atoms with Gasteiger partial charge in [-0.15, -0.1) is 0 Å². The maximum atomic E-state index is 12.2. The van der Waals surface area contributed by atoms with Crippen LogP contribution in [0, 0.1) is 6.92 Å². The lowest BCUT2D eigenvalue weighted by molar-refractivity contribution is 0.102. The van der Waals surface area contributed by atoms with Crippen LogP contribution >= 0.6 is 15.9 Å². The predicted molar refractivity (Wildman–Crippen MR) is 82.8 cm³/mol. The highest BCUT2D eigenvalue weighted by Crippen LogP contribution is 2.23. The molecule has 0 heterocycles. The van der Waals surface area contributed by atoms with Crippen LogP contribution in [0.3, 0.4) is 0 Å². The van der Waals surface area contributed by atoms with Gasteiger partial charge in [0, 0.05) is 22.8 Å². The Morgan fingerprint density at radius 2 is 1.89 bits per heavy atom. The van der Waals surface area contributed by atoms with Crippen molar-refractivity contribution in [3.8, 4) is 0 Å². The van der Waals surface area contributed by atoms with Crippen LogP contribution < -0.4 is 10.6 Å². The summed E-state index contributed by atoms with van der Waals surface area (Å²) in [5.41, 5.74) is 3.38. The van der Waals surface area contributed by atoms with Crippen molar-refractivity contribution in [1.29, 1.82) is 0 Å². The Balaban J connectivity index is 2.23. The minimum atomic E-state index is -0.105. The number of carbonyl (C=O) groups excluding carboxylic acids is 1. The van der Waals surface area contributed by atoms with E-state index in [9.17, 15) is 4.79 Å². The topological polar surface area (TPSA) is 41.1 Å². The molecular formula is C15H15BrN2O. The molecule has 4 heteroatoms. The molecule has 0 fully saturated rings. The van der Waals surface area contributed by atoms with Crippen LogP contribution in [-0.2, 0) is 0 Å². The molecule has 2 rings (SSSR count). The van der Waals surface area contributed by atoms with Crippen LogP contribution in [0.2, 0.25) is 0 Å². The van der Waals surface area contributed by atoms with Crippen LogP contribution in [0.1, 0.15) is 15.9 Å². The maximum Gasteiger partial charge on any atom is 0.255 e. The predicted octanol–water partition coefficient (Wildman–Crippen LogP) is 4.05. The van der Waals surface area contributed by atoms with Gasteiger partial charge in [0.25, 0.3) is 5.91 Å². The molecule has 2 aromatic carbocycles. The third kappa shape index (κ3) is 3.15. The van der Waals surface area contributed by atoms with E-state index >= 15 is 0 Å². The Kier molecular flexibility index (Phi) is 4.22. The summed E-state index contributed by atoms with van der Waals surface area (Å²) >= 11 is 3.41. The van der Waals surface area contributed by atoms with Gasteiger partial charge in [0.1, 0.15) is 0 Å². The third-order valence-corrected chi connectivity index (χ3v) is 3.57. The SMILES string of the molecule is CNc1ccc(C(=O)Nc2ccccc2Br)c(C)c1. The zero-order valence-electron chi connectivity index (χ0n) is 10.8. The quantitative estimate of drug-likeness (QED) is 0.896. The van der Waals surface area contributed by atoms with Crippen LogP contribution in [-0.4, -0.2) is 13.0 Å². The fourth-order valence-electron chi connectivity index (χ4n) is 1.83. The fourth-order valence-corrected chi connectivity index (χ4v) is 2.21. The summed E-state index contributed by atoms with van der Waals surface area (Å²) in [6.45, 7) is 1.93. The third-order valence-electron chi connectivity index (χ3n) is 2.88. The summed E-state index contributed by atoms with van der Waals surface area (Å²) in [6.07, 6.45) is 0. The second-order valence-electron chi connectivity index (χ2n) is 4.21. The Hall–Kier alpha value is -1.81. The molecule has 0 unspecified atom stereocenters. The molecule has 0 radical (unpaired) electrons. The first-order valence-corrected chi connectivity index (χ1v) is 6.75. The summed E-state index contributed by atoms with van der Waals surface area (Å²) in [7, 11) is 1.86. The van der Waals surface area contributed by atoms with E-state index in [1.54, 1.807) is 0 Å². The molecule has 0 atom stereocenters. The van der Waals surface area contributed by atoms with Gasteiger partial charge >= 0.3 is 0 Å². The van der Waals surface area contributed by atoms with Crippen LogP contribution in [0.5, 0.6) is 0 Å². The number of hydrogen-bond donors (Lipinski definition) is 2. The fraction of sp³-hybridized carbons (Fsp3) is 0.133. The molecule has 0 spiro atoms. The molecule has 0 bridgehead atoms. The summed E-state index contributed by atoms with van der Waals surface area (Å²) in [6, 6.07) is 13.2. The van der Waals surface area contributed by atoms with E-state index in [0.29, 0.717) is 5.56 Å². The van der Waals surface area contributed by atoms with E-state index in [2.05, 4.69) is 26.6 Å². The Morgan fingerprint density at radius 1 is 1.16 bits per heavy atom. The number of halogens is 1. The average Bonchev–Trinajstić information content (AvgIpc) is 2.41. The highest BCUT2D eigenvalue weighted by Gasteiger charge is 2.10. The summed E-state index contributed by atoms with van der Waals surface area (Å²) < 4.78 is 0.868. The molecule has 0 saturated carbocycles. The van der Waals surface area contributed by atoms with Crippen molar-refractivity contribution in [2.45, 2.75) is 6.92 Å². The van der Waals surface area contributed by atoms with Crippen LogP contribution in [0.25, 0.3) is 0 Å². The molecule has 3 nitrogen and oxygen atoms in total. The van der Waals surface area contributed by atoms with Crippen molar-refractivity contribution in [1.82, 2.24) is 0 Å². The second kappa shape index (κ2) is 5.89. The van der Waals surface area contributed by atoms with E-state index in [-0.39, 0.29) is 5.91 Å². The number of amides is 1. The van der Waals surface area contributed by atoms with E-state index in [1.807, 2.05) is 56.4 Å². The van der Waals surface area contributed by atoms with Gasteiger partial charge in [-0.05, 0) is 58.7 Å². The number of nitrogens with one attached hydrogen (secondary N) is 2. The molecule has 2 N–H and O–H groups in total. The van der Waals surface area contributed by atoms with Gasteiger partial charge in [0.05, 0.1) is 5.69 Å². The Bertz CT molecular complexity index is 611. The van der Waals surface area contributed by atoms with Gasteiger partial charge in [-0.2, -0.15) is 0 Å². The van der Waals surface area contributed by atoms with Gasteiger partial charge < -0.3 is 10.6 Å². The molecule has 0 saturated heterocycles. The van der Waals surface area contributed by atoms with E-state index in [1.165, 1.54) is 0 Å². The molecule has 0 aliphatic rings. The van der Waals surface area contributed by atoms with Crippen LogP contribution in [0.4, 0.5) is 11.4 Å². The van der Waals surface area contributed by atoms with Crippen molar-refractivity contribution in [2.24, 2.45) is 0 Å². The highest BCUT2D eigenvalue weighted by atomic mass is 79.9. The first-order chi connectivity index (χ1) is 9.11. The lowest BCUT2D eigenvalue weighted by atomic mass is 10.1. The first-order valence-electron chi connectivity index (χ1n) is 5.96. The number of aryl methyl sites for hydroxylation is 1. The Morgan fingerprint density at radius 3 is 2.53 bits per heavy atom. The average molecular weight is 319 g/mol. The molecule has 1 amide bonds. The number of benzene rings is 2. The van der Waals surface area contributed by atoms with Gasteiger partial charge in [-0.25, -0.2) is 0 Å². The second-order valence-corrected chi connectivity index (χ2v) is 5.07. The molecule has 2 aromatic rings. The van der Waals surface area contributed by atoms with E-state index in [0.717, 1.165) is 21.4 Å². The van der Waals surface area contributed by atoms with E-state index < -0.39 is 0 Å². The lowest BCUT2D eigenvalue weighted by Gasteiger charge is -2.10. The highest BCUT2D eigenvalue weighted by molar-refractivity contribution is 9.10. The van der Waals surface area contributed by atoms with Crippen molar-refractivity contribution in [3.05, 3.63) is 58.1 Å². The number of rotatable bonds is 3. The molecule has 98 valence electrons. The largest absolute Gasteiger partial charge is 0.388 e. The first kappa shape index (κ1) is 13.6. The summed E-state index contributed by atoms with van der Waals surface area (Å²) in [5.74, 6) is -0.105. The smallest absolute Gasteiger partial charge is 0.255 e. The number of hydrogen-bond acceptors (Lipinski definition) is 2. The van der Waals surface area contributed by atoms with Crippen LogP contribution in [0.15, 0.2) is 46.9 Å². The maximum absolute atomic E-state index is 12.2. The Labute approximate surface area is 121 Å². The molecular weight excluding hydrogens is 304 g/mol. The standard InChI is InChI=1S/C15H15BrN2O/c1-10-9-11(17-2)7-8-12(10)15(19)18-14-6-4-3-5-13(14)16/h3-9,17H,1-2H3,(H,18,19). The van der Waals surface area contributed by atoms with Gasteiger partial charge in [-0.3, -0.25) is 4.79 Å². The van der Waals surface area contributed by atoms with E-state index in [4.69, 9.17) is 0 Å². The van der Waals surface area contributed by atoms with Crippen molar-refractivity contribution < 1.29 is 4.79 Å². The molecule has 0 aliphatic heterocycles. The zero-order valence-corrected chi connectivity index (χ0v) is 12.4. The molecule has 19 heavy (non-hydrogen) atoms. The van der Waals surface area contributed by atoms with Crippen molar-refractivity contribution in [3.63, 3.8) is 0 Å². The normalized spacial score (nSPS) is 10.1. The molecule has 0 aliphatic carbocycles. The van der Waals surface area contributed by atoms with Crippen molar-refractivity contribution in [2.75, 3.05) is 17.7 Å². The van der Waals surface area contributed by atoms with Gasteiger partial charge in [0.15, 0.2) is 0 Å². The monoisotopic (exact) mass is 318 g/mol. The lowest BCUT2D eigenvalue weighted by Crippen LogP contribution is -2.13.